The maximum absolute atomic E-state index is 13.5. The van der Waals surface area contributed by atoms with Crippen LogP contribution in [0, 0.1) is 5.82 Å². The van der Waals surface area contributed by atoms with Crippen molar-refractivity contribution < 1.29 is 22.8 Å². The second-order valence-corrected chi connectivity index (χ2v) is 9.30. The molecule has 170 valence electrons. The first kappa shape index (κ1) is 20.7. The molecule has 1 unspecified atom stereocenters. The number of fused-ring (bicyclic) bond motifs is 5. The number of nitrogens with zero attached hydrogens (tertiary/aromatic N) is 1. The monoisotopic (exact) mass is 465 g/mol. The third-order valence-corrected chi connectivity index (χ3v) is 7.31. The molecule has 3 aromatic carbocycles. The van der Waals surface area contributed by atoms with E-state index < -0.39 is 0 Å². The SMILES string of the molecule is COc1c(OSc2cccc(F)c2)ccc2c1CN1CCc3cc4c(cc3C1C2)OCCO4. The second-order valence-electron chi connectivity index (χ2n) is 8.49. The van der Waals surface area contributed by atoms with E-state index >= 15 is 0 Å². The molecule has 0 aliphatic carbocycles. The molecule has 3 aliphatic rings. The Labute approximate surface area is 196 Å². The van der Waals surface area contributed by atoms with E-state index in [0.717, 1.165) is 60.8 Å². The number of methoxy groups -OCH3 is 1. The Morgan fingerprint density at radius 2 is 1.88 bits per heavy atom. The summed E-state index contributed by atoms with van der Waals surface area (Å²) in [7, 11) is 1.68. The van der Waals surface area contributed by atoms with Crippen LogP contribution in [0.15, 0.2) is 53.4 Å². The van der Waals surface area contributed by atoms with Crippen molar-refractivity contribution in [1.82, 2.24) is 4.90 Å². The maximum Gasteiger partial charge on any atom is 0.180 e. The summed E-state index contributed by atoms with van der Waals surface area (Å²) in [6, 6.07) is 15.1. The molecule has 0 saturated heterocycles. The molecule has 5 nitrogen and oxygen atoms in total. The van der Waals surface area contributed by atoms with Crippen LogP contribution in [0.25, 0.3) is 0 Å². The minimum absolute atomic E-state index is 0.282. The highest BCUT2D eigenvalue weighted by molar-refractivity contribution is 7.95. The van der Waals surface area contributed by atoms with Gasteiger partial charge in [-0.2, -0.15) is 0 Å². The van der Waals surface area contributed by atoms with E-state index in [1.54, 1.807) is 13.2 Å². The van der Waals surface area contributed by atoms with Gasteiger partial charge >= 0.3 is 0 Å². The number of ether oxygens (including phenoxy) is 3. The summed E-state index contributed by atoms with van der Waals surface area (Å²) < 4.78 is 36.9. The van der Waals surface area contributed by atoms with E-state index in [0.29, 0.717) is 29.9 Å². The molecule has 33 heavy (non-hydrogen) atoms. The summed E-state index contributed by atoms with van der Waals surface area (Å²) in [6.07, 6.45) is 1.88. The lowest BCUT2D eigenvalue weighted by atomic mass is 9.83. The van der Waals surface area contributed by atoms with Gasteiger partial charge in [0.1, 0.15) is 19.0 Å². The van der Waals surface area contributed by atoms with Crippen LogP contribution in [0.3, 0.4) is 0 Å². The van der Waals surface area contributed by atoms with Crippen molar-refractivity contribution in [2.45, 2.75) is 30.3 Å². The van der Waals surface area contributed by atoms with Crippen LogP contribution in [0.1, 0.15) is 28.3 Å². The quantitative estimate of drug-likeness (QED) is 0.484. The van der Waals surface area contributed by atoms with Crippen LogP contribution in [0.2, 0.25) is 0 Å². The molecular weight excluding hydrogens is 441 g/mol. The Kier molecular flexibility index (Phi) is 5.31. The average molecular weight is 466 g/mol. The summed E-state index contributed by atoms with van der Waals surface area (Å²) in [6.45, 7) is 2.97. The van der Waals surface area contributed by atoms with Gasteiger partial charge in [-0.1, -0.05) is 12.1 Å². The Morgan fingerprint density at radius 1 is 1.03 bits per heavy atom. The van der Waals surface area contributed by atoms with Crippen molar-refractivity contribution in [1.29, 1.82) is 0 Å². The predicted molar refractivity (Wildman–Crippen MR) is 124 cm³/mol. The fourth-order valence-electron chi connectivity index (χ4n) is 5.04. The molecule has 0 amide bonds. The molecule has 3 heterocycles. The highest BCUT2D eigenvalue weighted by Crippen LogP contribution is 2.46. The van der Waals surface area contributed by atoms with Crippen molar-refractivity contribution in [2.24, 2.45) is 0 Å². The van der Waals surface area contributed by atoms with Gasteiger partial charge in [0.25, 0.3) is 0 Å². The van der Waals surface area contributed by atoms with Gasteiger partial charge in [-0.25, -0.2) is 4.39 Å². The van der Waals surface area contributed by atoms with E-state index in [4.69, 9.17) is 18.4 Å². The van der Waals surface area contributed by atoms with Crippen molar-refractivity contribution in [3.05, 3.63) is 76.6 Å². The van der Waals surface area contributed by atoms with Crippen molar-refractivity contribution in [3.8, 4) is 23.0 Å². The molecule has 0 radical (unpaired) electrons. The fraction of sp³-hybridized carbons (Fsp3) is 0.308. The van der Waals surface area contributed by atoms with Crippen molar-refractivity contribution in [3.63, 3.8) is 0 Å². The number of rotatable bonds is 4. The van der Waals surface area contributed by atoms with Crippen LogP contribution in [-0.4, -0.2) is 31.8 Å². The van der Waals surface area contributed by atoms with Gasteiger partial charge < -0.3 is 18.4 Å². The molecular formula is C26H24FNO4S. The van der Waals surface area contributed by atoms with Crippen LogP contribution in [0.4, 0.5) is 4.39 Å². The predicted octanol–water partition coefficient (Wildman–Crippen LogP) is 5.35. The lowest BCUT2D eigenvalue weighted by Gasteiger charge is -2.42. The number of hydrogen-bond acceptors (Lipinski definition) is 6. The van der Waals surface area contributed by atoms with Gasteiger partial charge in [0, 0.05) is 24.7 Å². The molecule has 6 rings (SSSR count). The summed E-state index contributed by atoms with van der Waals surface area (Å²) in [5, 5.41) is 0. The molecule has 1 atom stereocenters. The van der Waals surface area contributed by atoms with Gasteiger partial charge in [-0.3, -0.25) is 4.90 Å². The minimum atomic E-state index is -0.282. The molecule has 3 aliphatic heterocycles. The molecule has 0 saturated carbocycles. The Balaban J connectivity index is 1.29. The number of halogens is 1. The van der Waals surface area contributed by atoms with Crippen LogP contribution >= 0.6 is 12.0 Å². The zero-order valence-corrected chi connectivity index (χ0v) is 19.1. The summed E-state index contributed by atoms with van der Waals surface area (Å²) in [4.78, 5) is 3.21. The third kappa shape index (κ3) is 3.79. The van der Waals surface area contributed by atoms with Gasteiger partial charge in [0.2, 0.25) is 0 Å². The van der Waals surface area contributed by atoms with Gasteiger partial charge in [0.15, 0.2) is 23.0 Å². The lowest BCUT2D eigenvalue weighted by Crippen LogP contribution is -2.39. The molecule has 0 bridgehead atoms. The van der Waals surface area contributed by atoms with E-state index in [-0.39, 0.29) is 5.82 Å². The standard InChI is InChI=1S/C26H24FNO4S/c1-29-26-21-15-28-8-7-17-12-24-25(31-10-9-30-24)14-20(17)22(28)11-16(21)5-6-23(26)32-33-19-4-2-3-18(27)13-19/h2-6,12-14,22H,7-11,15H2,1H3. The molecule has 0 fully saturated rings. The molecule has 0 spiro atoms. The highest BCUT2D eigenvalue weighted by atomic mass is 32.2. The zero-order chi connectivity index (χ0) is 22.4. The molecule has 3 aromatic rings. The number of benzene rings is 3. The minimum Gasteiger partial charge on any atom is -0.492 e. The lowest BCUT2D eigenvalue weighted by molar-refractivity contribution is 0.151. The normalized spacial score (nSPS) is 18.7. The first-order valence-corrected chi connectivity index (χ1v) is 11.9. The summed E-state index contributed by atoms with van der Waals surface area (Å²) in [5.41, 5.74) is 5.10. The first-order chi connectivity index (χ1) is 16.2. The average Bonchev–Trinajstić information content (AvgIpc) is 2.84. The number of hydrogen-bond donors (Lipinski definition) is 0. The maximum atomic E-state index is 13.5. The fourth-order valence-corrected chi connectivity index (χ4v) is 5.65. The topological polar surface area (TPSA) is 40.2 Å². The van der Waals surface area contributed by atoms with Gasteiger partial charge in [0.05, 0.1) is 24.0 Å². The summed E-state index contributed by atoms with van der Waals surface area (Å²) >= 11 is 1.14. The Morgan fingerprint density at radius 3 is 2.70 bits per heavy atom. The van der Waals surface area contributed by atoms with E-state index in [1.165, 1.54) is 28.8 Å². The van der Waals surface area contributed by atoms with E-state index in [2.05, 4.69) is 23.1 Å². The van der Waals surface area contributed by atoms with Gasteiger partial charge in [-0.05, 0) is 65.9 Å². The van der Waals surface area contributed by atoms with E-state index in [9.17, 15) is 4.39 Å². The molecule has 7 heteroatoms. The Hall–Kier alpha value is -2.90. The zero-order valence-electron chi connectivity index (χ0n) is 18.3. The van der Waals surface area contributed by atoms with Crippen molar-refractivity contribution >= 4 is 12.0 Å². The third-order valence-electron chi connectivity index (χ3n) is 6.60. The van der Waals surface area contributed by atoms with Crippen LogP contribution in [0.5, 0.6) is 23.0 Å². The highest BCUT2D eigenvalue weighted by Gasteiger charge is 2.35. The molecule has 0 N–H and O–H groups in total. The van der Waals surface area contributed by atoms with Crippen molar-refractivity contribution in [2.75, 3.05) is 26.9 Å². The van der Waals surface area contributed by atoms with Gasteiger partial charge in [-0.15, -0.1) is 0 Å². The van der Waals surface area contributed by atoms with Crippen LogP contribution in [-0.2, 0) is 19.4 Å². The smallest absolute Gasteiger partial charge is 0.180 e. The van der Waals surface area contributed by atoms with Crippen LogP contribution < -0.4 is 18.4 Å². The first-order valence-electron chi connectivity index (χ1n) is 11.1. The Bertz CT molecular complexity index is 1220. The van der Waals surface area contributed by atoms with E-state index in [1.807, 2.05) is 12.1 Å². The second kappa shape index (κ2) is 8.47. The summed E-state index contributed by atoms with van der Waals surface area (Å²) in [5.74, 6) is 2.84. The largest absolute Gasteiger partial charge is 0.492 e. The molecule has 0 aromatic heterocycles.